The lowest BCUT2D eigenvalue weighted by atomic mass is 9.90. The summed E-state index contributed by atoms with van der Waals surface area (Å²) in [5, 5.41) is 12.6. The molecule has 0 spiro atoms. The number of nitrogens with zero attached hydrogens (tertiary/aromatic N) is 1. The Bertz CT molecular complexity index is 723. The van der Waals surface area contributed by atoms with Gasteiger partial charge in [-0.2, -0.15) is 0 Å². The molecule has 126 valence electrons. The maximum absolute atomic E-state index is 12.6. The lowest BCUT2D eigenvalue weighted by Crippen LogP contribution is -2.43. The van der Waals surface area contributed by atoms with E-state index in [1.54, 1.807) is 11.9 Å². The molecule has 0 saturated carbocycles. The van der Waals surface area contributed by atoms with Gasteiger partial charge in [-0.1, -0.05) is 34.1 Å². The van der Waals surface area contributed by atoms with Crippen molar-refractivity contribution in [2.24, 2.45) is 5.92 Å². The zero-order valence-corrected chi connectivity index (χ0v) is 14.9. The highest BCUT2D eigenvalue weighted by Crippen LogP contribution is 2.40. The minimum atomic E-state index is -0.264. The van der Waals surface area contributed by atoms with Gasteiger partial charge in [0.05, 0.1) is 19.3 Å². The third kappa shape index (κ3) is 3.39. The molecule has 0 unspecified atom stereocenters. The molecule has 3 rings (SSSR count). The Morgan fingerprint density at radius 2 is 2.08 bits per heavy atom. The number of aliphatic hydroxyl groups excluding tert-OH is 1. The first-order chi connectivity index (χ1) is 11.6. The summed E-state index contributed by atoms with van der Waals surface area (Å²) < 4.78 is 6.63. The molecule has 2 amide bonds. The standard InChI is InChI=1S/C18H19BrN2O3/c1-21(18(23)20-14-5-3-2-4-6-14)17-12(10-22)11-24-16-8-7-13(19)9-15(16)17/h2-9,12,17,22H,10-11H2,1H3,(H,20,23)/t12-,17-/m1/s1. The second-order valence-electron chi connectivity index (χ2n) is 5.79. The minimum Gasteiger partial charge on any atom is -0.493 e. The average molecular weight is 391 g/mol. The van der Waals surface area contributed by atoms with Gasteiger partial charge in [0.2, 0.25) is 0 Å². The zero-order valence-electron chi connectivity index (χ0n) is 13.3. The molecule has 0 aliphatic carbocycles. The van der Waals surface area contributed by atoms with Crippen LogP contribution in [0.15, 0.2) is 53.0 Å². The number of carbonyl (C=O) groups excluding carboxylic acids is 1. The molecule has 2 N–H and O–H groups in total. The number of aliphatic hydroxyl groups is 1. The number of amides is 2. The van der Waals surface area contributed by atoms with E-state index in [-0.39, 0.29) is 24.6 Å². The summed E-state index contributed by atoms with van der Waals surface area (Å²) in [6.45, 7) is 0.318. The lowest BCUT2D eigenvalue weighted by Gasteiger charge is -2.38. The fourth-order valence-electron chi connectivity index (χ4n) is 2.96. The van der Waals surface area contributed by atoms with Crippen molar-refractivity contribution in [3.63, 3.8) is 0 Å². The van der Waals surface area contributed by atoms with Crippen LogP contribution in [0.1, 0.15) is 11.6 Å². The SMILES string of the molecule is CN(C(=O)Nc1ccccc1)[C@H]1c2cc(Br)ccc2OC[C@H]1CO. The first-order valence-corrected chi connectivity index (χ1v) is 8.51. The number of nitrogens with one attached hydrogen (secondary N) is 1. The van der Waals surface area contributed by atoms with Gasteiger partial charge in [-0.05, 0) is 30.3 Å². The predicted molar refractivity (Wildman–Crippen MR) is 96.2 cm³/mol. The number of anilines is 1. The van der Waals surface area contributed by atoms with Crippen LogP contribution in [0.25, 0.3) is 0 Å². The molecular formula is C18H19BrN2O3. The maximum atomic E-state index is 12.6. The van der Waals surface area contributed by atoms with E-state index in [0.717, 1.165) is 21.5 Å². The normalized spacial score (nSPS) is 19.1. The largest absolute Gasteiger partial charge is 0.493 e. The van der Waals surface area contributed by atoms with E-state index in [4.69, 9.17) is 4.74 Å². The van der Waals surface area contributed by atoms with Crippen LogP contribution >= 0.6 is 15.9 Å². The monoisotopic (exact) mass is 390 g/mol. The molecule has 2 aromatic carbocycles. The second kappa shape index (κ2) is 7.23. The number of ether oxygens (including phenoxy) is 1. The van der Waals surface area contributed by atoms with Gasteiger partial charge >= 0.3 is 6.03 Å². The van der Waals surface area contributed by atoms with E-state index in [0.29, 0.717) is 6.61 Å². The summed E-state index contributed by atoms with van der Waals surface area (Å²) in [5.41, 5.74) is 1.62. The third-order valence-electron chi connectivity index (χ3n) is 4.19. The number of fused-ring (bicyclic) bond motifs is 1. The van der Waals surface area contributed by atoms with E-state index in [1.165, 1.54) is 0 Å². The van der Waals surface area contributed by atoms with Crippen molar-refractivity contribution in [2.45, 2.75) is 6.04 Å². The molecule has 24 heavy (non-hydrogen) atoms. The Morgan fingerprint density at radius 3 is 2.79 bits per heavy atom. The van der Waals surface area contributed by atoms with Crippen LogP contribution in [0.2, 0.25) is 0 Å². The summed E-state index contributed by atoms with van der Waals surface area (Å²) in [6.07, 6.45) is 0. The minimum absolute atomic E-state index is 0.0560. The van der Waals surface area contributed by atoms with Gasteiger partial charge in [-0.3, -0.25) is 0 Å². The molecule has 6 heteroatoms. The first-order valence-electron chi connectivity index (χ1n) is 7.72. The van der Waals surface area contributed by atoms with Crippen molar-refractivity contribution < 1.29 is 14.6 Å². The Kier molecular flexibility index (Phi) is 5.06. The van der Waals surface area contributed by atoms with Crippen molar-refractivity contribution in [3.8, 4) is 5.75 Å². The van der Waals surface area contributed by atoms with Gasteiger partial charge in [0.1, 0.15) is 5.75 Å². The fraction of sp³-hybridized carbons (Fsp3) is 0.278. The van der Waals surface area contributed by atoms with Gasteiger partial charge in [0, 0.05) is 28.7 Å². The molecule has 2 atom stereocenters. The summed E-state index contributed by atoms with van der Waals surface area (Å²) in [7, 11) is 1.74. The highest BCUT2D eigenvalue weighted by Gasteiger charge is 2.35. The number of hydrogen-bond donors (Lipinski definition) is 2. The number of halogens is 1. The predicted octanol–water partition coefficient (Wildman–Crippen LogP) is 3.66. The maximum Gasteiger partial charge on any atom is 0.322 e. The van der Waals surface area contributed by atoms with E-state index < -0.39 is 0 Å². The van der Waals surface area contributed by atoms with Gasteiger partial charge < -0.3 is 20.1 Å². The van der Waals surface area contributed by atoms with Crippen molar-refractivity contribution in [2.75, 3.05) is 25.6 Å². The Hall–Kier alpha value is -2.05. The summed E-state index contributed by atoms with van der Waals surface area (Å²) in [4.78, 5) is 14.3. The summed E-state index contributed by atoms with van der Waals surface area (Å²) in [5.74, 6) is 0.561. The topological polar surface area (TPSA) is 61.8 Å². The number of hydrogen-bond acceptors (Lipinski definition) is 3. The van der Waals surface area contributed by atoms with Crippen LogP contribution in [-0.2, 0) is 0 Å². The Labute approximate surface area is 149 Å². The number of rotatable bonds is 3. The van der Waals surface area contributed by atoms with Gasteiger partial charge in [0.15, 0.2) is 0 Å². The molecule has 0 saturated heterocycles. The highest BCUT2D eigenvalue weighted by molar-refractivity contribution is 9.10. The molecule has 0 radical (unpaired) electrons. The first kappa shape index (κ1) is 16.8. The van der Waals surface area contributed by atoms with E-state index in [9.17, 15) is 9.90 Å². The van der Waals surface area contributed by atoms with Crippen LogP contribution in [0.4, 0.5) is 10.5 Å². The average Bonchev–Trinajstić information content (AvgIpc) is 2.60. The summed E-state index contributed by atoms with van der Waals surface area (Å²) in [6, 6.07) is 14.5. The summed E-state index contributed by atoms with van der Waals surface area (Å²) >= 11 is 3.46. The van der Waals surface area contributed by atoms with Gasteiger partial charge in [0.25, 0.3) is 0 Å². The smallest absolute Gasteiger partial charge is 0.322 e. The molecular weight excluding hydrogens is 372 g/mol. The van der Waals surface area contributed by atoms with Crippen molar-refractivity contribution in [1.29, 1.82) is 0 Å². The van der Waals surface area contributed by atoms with Crippen LogP contribution in [0.3, 0.4) is 0 Å². The fourth-order valence-corrected chi connectivity index (χ4v) is 3.34. The van der Waals surface area contributed by atoms with E-state index >= 15 is 0 Å². The van der Waals surface area contributed by atoms with Crippen LogP contribution in [0, 0.1) is 5.92 Å². The Balaban J connectivity index is 1.88. The van der Waals surface area contributed by atoms with Crippen LogP contribution in [-0.4, -0.2) is 36.3 Å². The molecule has 0 bridgehead atoms. The third-order valence-corrected chi connectivity index (χ3v) is 4.68. The lowest BCUT2D eigenvalue weighted by molar-refractivity contribution is 0.0738. The number of carbonyl (C=O) groups is 1. The Morgan fingerprint density at radius 1 is 1.33 bits per heavy atom. The zero-order chi connectivity index (χ0) is 17.1. The molecule has 0 aromatic heterocycles. The second-order valence-corrected chi connectivity index (χ2v) is 6.70. The van der Waals surface area contributed by atoms with E-state index in [1.807, 2.05) is 48.5 Å². The van der Waals surface area contributed by atoms with Gasteiger partial charge in [-0.15, -0.1) is 0 Å². The molecule has 2 aromatic rings. The van der Waals surface area contributed by atoms with E-state index in [2.05, 4.69) is 21.2 Å². The molecule has 5 nitrogen and oxygen atoms in total. The van der Waals surface area contributed by atoms with Gasteiger partial charge in [-0.25, -0.2) is 4.79 Å². The number of urea groups is 1. The molecule has 1 aliphatic rings. The van der Waals surface area contributed by atoms with Crippen molar-refractivity contribution in [1.82, 2.24) is 4.90 Å². The van der Waals surface area contributed by atoms with Crippen LogP contribution in [0.5, 0.6) is 5.75 Å². The van der Waals surface area contributed by atoms with Crippen molar-refractivity contribution in [3.05, 3.63) is 58.6 Å². The van der Waals surface area contributed by atoms with Crippen LogP contribution < -0.4 is 10.1 Å². The quantitative estimate of drug-likeness (QED) is 0.840. The molecule has 1 heterocycles. The number of para-hydroxylation sites is 1. The van der Waals surface area contributed by atoms with Crippen molar-refractivity contribution >= 4 is 27.6 Å². The number of benzene rings is 2. The molecule has 0 fully saturated rings. The molecule has 1 aliphatic heterocycles. The highest BCUT2D eigenvalue weighted by atomic mass is 79.9.